The van der Waals surface area contributed by atoms with Gasteiger partial charge < -0.3 is 10.6 Å². The summed E-state index contributed by atoms with van der Waals surface area (Å²) in [6.45, 7) is 1.74. The summed E-state index contributed by atoms with van der Waals surface area (Å²) in [7, 11) is 0. The Morgan fingerprint density at radius 1 is 1.14 bits per heavy atom. The van der Waals surface area contributed by atoms with Gasteiger partial charge in [0.05, 0.1) is 10.9 Å². The van der Waals surface area contributed by atoms with Crippen LogP contribution in [0.5, 0.6) is 0 Å². The van der Waals surface area contributed by atoms with E-state index in [-0.39, 0.29) is 24.9 Å². The lowest BCUT2D eigenvalue weighted by Gasteiger charge is -2.10. The van der Waals surface area contributed by atoms with Crippen molar-refractivity contribution in [2.75, 3.05) is 13.1 Å². The fourth-order valence-electron chi connectivity index (χ4n) is 2.04. The molecule has 3 N–H and O–H groups in total. The van der Waals surface area contributed by atoms with Crippen molar-refractivity contribution < 1.29 is 9.59 Å². The number of amides is 2. The van der Waals surface area contributed by atoms with Gasteiger partial charge in [0.15, 0.2) is 0 Å². The van der Waals surface area contributed by atoms with Crippen LogP contribution in [0.2, 0.25) is 0 Å². The summed E-state index contributed by atoms with van der Waals surface area (Å²) in [5.74, 6) is -0.568. The summed E-state index contributed by atoms with van der Waals surface area (Å²) in [6, 6.07) is 6.56. The molecule has 1 heterocycles. The summed E-state index contributed by atoms with van der Waals surface area (Å²) >= 11 is 0. The summed E-state index contributed by atoms with van der Waals surface area (Å²) in [5.41, 5.74) is -0.725. The van der Waals surface area contributed by atoms with E-state index in [1.165, 1.54) is 11.5 Å². The molecule has 8 nitrogen and oxygen atoms in total. The molecule has 2 aromatic rings. The Bertz CT molecular complexity index is 821. The van der Waals surface area contributed by atoms with Crippen molar-refractivity contribution in [2.45, 2.75) is 13.5 Å². The second-order valence-corrected chi connectivity index (χ2v) is 4.70. The minimum atomic E-state index is -0.638. The van der Waals surface area contributed by atoms with Crippen molar-refractivity contribution in [1.82, 2.24) is 20.2 Å². The lowest BCUT2D eigenvalue weighted by Crippen LogP contribution is -2.39. The smallest absolute Gasteiger partial charge is 0.329 e. The van der Waals surface area contributed by atoms with Gasteiger partial charge >= 0.3 is 5.69 Å². The number of nitrogens with one attached hydrogen (secondary N) is 3. The minimum Gasteiger partial charge on any atom is -0.355 e. The molecule has 0 aliphatic carbocycles. The zero-order valence-corrected chi connectivity index (χ0v) is 12.0. The highest BCUT2D eigenvalue weighted by Crippen LogP contribution is 2.06. The number of nitrogens with zero attached hydrogens (tertiary/aromatic N) is 1. The molecule has 0 atom stereocenters. The Balaban J connectivity index is 2.15. The van der Waals surface area contributed by atoms with E-state index in [0.29, 0.717) is 17.4 Å². The zero-order chi connectivity index (χ0) is 16.1. The molecule has 22 heavy (non-hydrogen) atoms. The Morgan fingerprint density at radius 3 is 2.55 bits per heavy atom. The Hall–Kier alpha value is -2.90. The molecule has 0 spiro atoms. The molecule has 0 saturated carbocycles. The predicted molar refractivity (Wildman–Crippen MR) is 80.5 cm³/mol. The number of carbonyl (C=O) groups is 2. The third-order valence-electron chi connectivity index (χ3n) is 3.03. The van der Waals surface area contributed by atoms with E-state index in [2.05, 4.69) is 15.6 Å². The van der Waals surface area contributed by atoms with E-state index < -0.39 is 11.2 Å². The molecule has 0 radical (unpaired) electrons. The zero-order valence-electron chi connectivity index (χ0n) is 12.0. The van der Waals surface area contributed by atoms with Gasteiger partial charge in [-0.15, -0.1) is 0 Å². The average molecular weight is 304 g/mol. The molecular weight excluding hydrogens is 288 g/mol. The molecule has 8 heteroatoms. The predicted octanol–water partition coefficient (Wildman–Crippen LogP) is -1.06. The standard InChI is InChI=1S/C14H16N4O4/c1-9(19)15-6-7-16-12(20)8-18-11-5-3-2-4-10(11)13(21)17-14(18)22/h2-5H,6-8H2,1H3,(H,15,19)(H,16,20)(H,17,21,22). The molecule has 0 aliphatic rings. The molecule has 1 aromatic heterocycles. The highest BCUT2D eigenvalue weighted by atomic mass is 16.2. The third-order valence-corrected chi connectivity index (χ3v) is 3.03. The second kappa shape index (κ2) is 6.70. The van der Waals surface area contributed by atoms with Gasteiger partial charge in [-0.25, -0.2) is 4.79 Å². The van der Waals surface area contributed by atoms with Crippen LogP contribution in [0.15, 0.2) is 33.9 Å². The normalized spacial score (nSPS) is 10.4. The minimum absolute atomic E-state index is 0.183. The van der Waals surface area contributed by atoms with E-state index >= 15 is 0 Å². The molecule has 0 bridgehead atoms. The van der Waals surface area contributed by atoms with Gasteiger partial charge in [-0.05, 0) is 12.1 Å². The van der Waals surface area contributed by atoms with Gasteiger partial charge in [0, 0.05) is 20.0 Å². The maximum atomic E-state index is 11.9. The first-order valence-corrected chi connectivity index (χ1v) is 6.72. The van der Waals surface area contributed by atoms with Crippen LogP contribution in [0.4, 0.5) is 0 Å². The lowest BCUT2D eigenvalue weighted by atomic mass is 10.2. The van der Waals surface area contributed by atoms with Crippen LogP contribution in [0.1, 0.15) is 6.92 Å². The van der Waals surface area contributed by atoms with Crippen LogP contribution in [0.25, 0.3) is 10.9 Å². The quantitative estimate of drug-likeness (QED) is 0.611. The molecule has 1 aromatic carbocycles. The third kappa shape index (κ3) is 3.60. The van der Waals surface area contributed by atoms with E-state index in [1.54, 1.807) is 24.3 Å². The van der Waals surface area contributed by atoms with Crippen LogP contribution in [-0.4, -0.2) is 34.5 Å². The molecule has 0 saturated heterocycles. The summed E-state index contributed by atoms with van der Waals surface area (Å²) in [5, 5.41) is 5.47. The van der Waals surface area contributed by atoms with Gasteiger partial charge in [0.1, 0.15) is 6.54 Å². The molecule has 0 aliphatic heterocycles. The number of fused-ring (bicyclic) bond motifs is 1. The first-order chi connectivity index (χ1) is 10.5. The summed E-state index contributed by atoms with van der Waals surface area (Å²) in [4.78, 5) is 48.3. The van der Waals surface area contributed by atoms with Crippen LogP contribution in [0, 0.1) is 0 Å². The lowest BCUT2D eigenvalue weighted by molar-refractivity contribution is -0.122. The topological polar surface area (TPSA) is 113 Å². The van der Waals surface area contributed by atoms with Crippen LogP contribution >= 0.6 is 0 Å². The number of hydrogen-bond donors (Lipinski definition) is 3. The van der Waals surface area contributed by atoms with Crippen molar-refractivity contribution in [3.63, 3.8) is 0 Å². The van der Waals surface area contributed by atoms with Crippen LogP contribution < -0.4 is 21.9 Å². The van der Waals surface area contributed by atoms with E-state index in [1.807, 2.05) is 0 Å². The summed E-state index contributed by atoms with van der Waals surface area (Å²) in [6.07, 6.45) is 0. The number of aromatic nitrogens is 2. The number of para-hydroxylation sites is 1. The Labute approximate surface area is 125 Å². The largest absolute Gasteiger partial charge is 0.355 e. The SMILES string of the molecule is CC(=O)NCCNC(=O)Cn1c(=O)[nH]c(=O)c2ccccc21. The number of H-pyrrole nitrogens is 1. The molecule has 0 fully saturated rings. The van der Waals surface area contributed by atoms with Crippen molar-refractivity contribution in [1.29, 1.82) is 0 Å². The summed E-state index contributed by atoms with van der Waals surface area (Å²) < 4.78 is 1.20. The van der Waals surface area contributed by atoms with Gasteiger partial charge in [-0.2, -0.15) is 0 Å². The molecule has 2 amide bonds. The van der Waals surface area contributed by atoms with Crippen molar-refractivity contribution in [3.05, 3.63) is 45.1 Å². The maximum absolute atomic E-state index is 11.9. The second-order valence-electron chi connectivity index (χ2n) is 4.70. The number of benzene rings is 1. The van der Waals surface area contributed by atoms with Gasteiger partial charge in [-0.1, -0.05) is 12.1 Å². The molecular formula is C14H16N4O4. The van der Waals surface area contributed by atoms with E-state index in [4.69, 9.17) is 0 Å². The van der Waals surface area contributed by atoms with Crippen molar-refractivity contribution in [2.24, 2.45) is 0 Å². The fraction of sp³-hybridized carbons (Fsp3) is 0.286. The van der Waals surface area contributed by atoms with Crippen LogP contribution in [0.3, 0.4) is 0 Å². The van der Waals surface area contributed by atoms with E-state index in [9.17, 15) is 19.2 Å². The first-order valence-electron chi connectivity index (χ1n) is 6.72. The highest BCUT2D eigenvalue weighted by molar-refractivity contribution is 5.81. The van der Waals surface area contributed by atoms with Gasteiger partial charge in [0.2, 0.25) is 11.8 Å². The molecule has 0 unspecified atom stereocenters. The molecule has 116 valence electrons. The first kappa shape index (κ1) is 15.5. The van der Waals surface area contributed by atoms with Crippen molar-refractivity contribution in [3.8, 4) is 0 Å². The van der Waals surface area contributed by atoms with Gasteiger partial charge in [-0.3, -0.25) is 23.9 Å². The van der Waals surface area contributed by atoms with Crippen LogP contribution in [-0.2, 0) is 16.1 Å². The number of carbonyl (C=O) groups excluding carboxylic acids is 2. The number of aromatic amines is 1. The van der Waals surface area contributed by atoms with E-state index in [0.717, 1.165) is 0 Å². The molecule has 2 rings (SSSR count). The monoisotopic (exact) mass is 304 g/mol. The highest BCUT2D eigenvalue weighted by Gasteiger charge is 2.10. The maximum Gasteiger partial charge on any atom is 0.329 e. The Kier molecular flexibility index (Phi) is 4.72. The Morgan fingerprint density at radius 2 is 1.82 bits per heavy atom. The van der Waals surface area contributed by atoms with Gasteiger partial charge in [0.25, 0.3) is 5.56 Å². The average Bonchev–Trinajstić information content (AvgIpc) is 2.48. The van der Waals surface area contributed by atoms with Crippen molar-refractivity contribution >= 4 is 22.7 Å². The number of rotatable bonds is 5. The number of hydrogen-bond acceptors (Lipinski definition) is 4. The fourth-order valence-corrected chi connectivity index (χ4v) is 2.04.